The molecule has 0 radical (unpaired) electrons. The van der Waals surface area contributed by atoms with E-state index in [0.29, 0.717) is 12.5 Å². The average molecular weight is 465 g/mol. The third-order valence-corrected chi connectivity index (χ3v) is 6.15. The molecule has 3 rings (SSSR count). The van der Waals surface area contributed by atoms with Gasteiger partial charge in [0.05, 0.1) is 13.7 Å². The van der Waals surface area contributed by atoms with Crippen LogP contribution in [-0.4, -0.2) is 77.8 Å². The summed E-state index contributed by atoms with van der Waals surface area (Å²) in [6.45, 7) is 9.66. The van der Waals surface area contributed by atoms with Crippen molar-refractivity contribution in [2.75, 3.05) is 39.9 Å². The van der Waals surface area contributed by atoms with Crippen LogP contribution in [0.25, 0.3) is 0 Å². The number of piperidine rings is 2. The van der Waals surface area contributed by atoms with Gasteiger partial charge in [0.25, 0.3) is 0 Å². The Labute approximate surface area is 195 Å². The number of carbonyl (C=O) groups is 3. The Hall–Kier alpha value is -2.81. The highest BCUT2D eigenvalue weighted by Gasteiger charge is 2.30. The molecule has 2 N–H and O–H groups in total. The summed E-state index contributed by atoms with van der Waals surface area (Å²) in [5.41, 5.74) is 1.23. The summed E-state index contributed by atoms with van der Waals surface area (Å²) >= 11 is 0. The number of ether oxygens (including phenoxy) is 2. The van der Waals surface area contributed by atoms with Gasteiger partial charge in [0.1, 0.15) is 0 Å². The predicted molar refractivity (Wildman–Crippen MR) is 122 cm³/mol. The number of likely N-dealkylation sites (tertiary alicyclic amines) is 2. The van der Waals surface area contributed by atoms with Gasteiger partial charge in [0.15, 0.2) is 11.5 Å². The van der Waals surface area contributed by atoms with Gasteiger partial charge in [0.2, 0.25) is 5.91 Å². The van der Waals surface area contributed by atoms with Gasteiger partial charge < -0.3 is 24.6 Å². The first-order chi connectivity index (χ1) is 15.7. The van der Waals surface area contributed by atoms with Crippen molar-refractivity contribution in [1.82, 2.24) is 9.80 Å². The summed E-state index contributed by atoms with van der Waals surface area (Å²) in [4.78, 5) is 35.5. The molecule has 2 aliphatic rings. The molecule has 9 heteroatoms. The molecule has 0 bridgehead atoms. The van der Waals surface area contributed by atoms with E-state index in [9.17, 15) is 4.79 Å². The van der Waals surface area contributed by atoms with Crippen LogP contribution in [0.1, 0.15) is 45.1 Å². The van der Waals surface area contributed by atoms with Crippen molar-refractivity contribution in [3.63, 3.8) is 0 Å². The van der Waals surface area contributed by atoms with Crippen molar-refractivity contribution in [2.24, 2.45) is 11.8 Å². The van der Waals surface area contributed by atoms with Crippen LogP contribution < -0.4 is 9.47 Å². The lowest BCUT2D eigenvalue weighted by atomic mass is 9.92. The lowest BCUT2D eigenvalue weighted by Gasteiger charge is -2.36. The highest BCUT2D eigenvalue weighted by molar-refractivity contribution is 6.27. The molecule has 9 nitrogen and oxygen atoms in total. The second-order valence-electron chi connectivity index (χ2n) is 8.59. The minimum Gasteiger partial charge on any atom is -0.493 e. The number of benzene rings is 1. The van der Waals surface area contributed by atoms with Crippen LogP contribution in [0.15, 0.2) is 18.2 Å². The average Bonchev–Trinajstić information content (AvgIpc) is 2.81. The molecule has 0 atom stereocenters. The minimum absolute atomic E-state index is 0.213. The molecule has 0 aromatic heterocycles. The SMILES string of the molecule is CCOc1ccc(CN2CCC(C(=O)N3CCC(C)CC3)CC2)cc1OC.O=C(O)C(=O)O. The van der Waals surface area contributed by atoms with Crippen LogP contribution in [0.4, 0.5) is 0 Å². The molecule has 1 aromatic rings. The van der Waals surface area contributed by atoms with Gasteiger partial charge >= 0.3 is 11.9 Å². The van der Waals surface area contributed by atoms with E-state index in [0.717, 1.165) is 75.8 Å². The van der Waals surface area contributed by atoms with Crippen molar-refractivity contribution < 1.29 is 34.1 Å². The van der Waals surface area contributed by atoms with Crippen LogP contribution in [0.5, 0.6) is 11.5 Å². The molecule has 2 heterocycles. The lowest BCUT2D eigenvalue weighted by Crippen LogP contribution is -2.45. The standard InChI is InChI=1S/C22H34N2O3.C2H2O4/c1-4-27-20-6-5-18(15-21(20)26-3)16-23-11-9-19(10-12-23)22(25)24-13-7-17(2)8-14-24;3-1(4)2(5)6/h5-6,15,17,19H,4,7-14,16H2,1-3H3;(H,3,4)(H,5,6). The van der Waals surface area contributed by atoms with Crippen LogP contribution in [0, 0.1) is 11.8 Å². The van der Waals surface area contributed by atoms with Gasteiger partial charge in [-0.2, -0.15) is 0 Å². The number of hydrogen-bond donors (Lipinski definition) is 2. The molecule has 0 unspecified atom stereocenters. The molecular formula is C24H36N2O7. The van der Waals surface area contributed by atoms with E-state index in [1.807, 2.05) is 13.0 Å². The van der Waals surface area contributed by atoms with Gasteiger partial charge in [-0.05, 0) is 69.3 Å². The Morgan fingerprint density at radius 1 is 0.970 bits per heavy atom. The largest absolute Gasteiger partial charge is 0.493 e. The number of carboxylic acid groups (broad SMARTS) is 2. The fraction of sp³-hybridized carbons (Fsp3) is 0.625. The second-order valence-corrected chi connectivity index (χ2v) is 8.59. The zero-order valence-electron chi connectivity index (χ0n) is 19.8. The Kier molecular flexibility index (Phi) is 10.4. The molecular weight excluding hydrogens is 428 g/mol. The molecule has 0 saturated carbocycles. The molecule has 1 aromatic carbocycles. The molecule has 2 fully saturated rings. The van der Waals surface area contributed by atoms with Crippen LogP contribution in [-0.2, 0) is 20.9 Å². The van der Waals surface area contributed by atoms with E-state index in [1.54, 1.807) is 7.11 Å². The van der Waals surface area contributed by atoms with Crippen molar-refractivity contribution in [2.45, 2.75) is 46.1 Å². The van der Waals surface area contributed by atoms with Gasteiger partial charge in [-0.25, -0.2) is 9.59 Å². The predicted octanol–water partition coefficient (Wildman–Crippen LogP) is 2.72. The molecule has 0 spiro atoms. The number of carbonyl (C=O) groups excluding carboxylic acids is 1. The van der Waals surface area contributed by atoms with Gasteiger partial charge in [0, 0.05) is 25.6 Å². The number of hydrogen-bond acceptors (Lipinski definition) is 6. The van der Waals surface area contributed by atoms with E-state index >= 15 is 0 Å². The molecule has 2 saturated heterocycles. The first-order valence-corrected chi connectivity index (χ1v) is 11.5. The summed E-state index contributed by atoms with van der Waals surface area (Å²) in [5, 5.41) is 14.8. The Morgan fingerprint density at radius 3 is 2.09 bits per heavy atom. The number of rotatable bonds is 6. The summed E-state index contributed by atoms with van der Waals surface area (Å²) in [7, 11) is 1.68. The maximum Gasteiger partial charge on any atom is 0.414 e. The summed E-state index contributed by atoms with van der Waals surface area (Å²) in [5.74, 6) is -0.691. The number of carboxylic acids is 2. The zero-order chi connectivity index (χ0) is 24.4. The van der Waals surface area contributed by atoms with E-state index in [-0.39, 0.29) is 5.92 Å². The molecule has 0 aliphatic carbocycles. The Bertz CT molecular complexity index is 786. The molecule has 2 aliphatic heterocycles. The van der Waals surface area contributed by atoms with Gasteiger partial charge in [-0.15, -0.1) is 0 Å². The first-order valence-electron chi connectivity index (χ1n) is 11.5. The first kappa shape index (κ1) is 26.4. The van der Waals surface area contributed by atoms with Crippen LogP contribution in [0.2, 0.25) is 0 Å². The second kappa shape index (κ2) is 13.0. The summed E-state index contributed by atoms with van der Waals surface area (Å²) < 4.78 is 11.1. The highest BCUT2D eigenvalue weighted by Crippen LogP contribution is 2.29. The van der Waals surface area contributed by atoms with Crippen molar-refractivity contribution in [3.8, 4) is 11.5 Å². The zero-order valence-corrected chi connectivity index (χ0v) is 19.8. The fourth-order valence-electron chi connectivity index (χ4n) is 4.17. The lowest BCUT2D eigenvalue weighted by molar-refractivity contribution is -0.159. The maximum absolute atomic E-state index is 12.8. The number of methoxy groups -OCH3 is 1. The highest BCUT2D eigenvalue weighted by atomic mass is 16.5. The minimum atomic E-state index is -1.82. The number of nitrogens with zero attached hydrogens (tertiary/aromatic N) is 2. The Balaban J connectivity index is 0.000000569. The third kappa shape index (κ3) is 8.24. The van der Waals surface area contributed by atoms with Gasteiger partial charge in [-0.1, -0.05) is 13.0 Å². The van der Waals surface area contributed by atoms with Crippen molar-refractivity contribution in [3.05, 3.63) is 23.8 Å². The number of aliphatic carboxylic acids is 2. The normalized spacial score (nSPS) is 17.6. The van der Waals surface area contributed by atoms with E-state index in [4.69, 9.17) is 29.3 Å². The van der Waals surface area contributed by atoms with Crippen LogP contribution in [0.3, 0.4) is 0 Å². The quantitative estimate of drug-likeness (QED) is 0.618. The monoisotopic (exact) mass is 464 g/mol. The summed E-state index contributed by atoms with van der Waals surface area (Å²) in [6.07, 6.45) is 4.26. The van der Waals surface area contributed by atoms with Gasteiger partial charge in [-0.3, -0.25) is 9.69 Å². The Morgan fingerprint density at radius 2 is 1.58 bits per heavy atom. The van der Waals surface area contributed by atoms with Crippen molar-refractivity contribution >= 4 is 17.8 Å². The molecule has 1 amide bonds. The third-order valence-electron chi connectivity index (χ3n) is 6.15. The smallest absolute Gasteiger partial charge is 0.414 e. The van der Waals surface area contributed by atoms with Crippen LogP contribution >= 0.6 is 0 Å². The maximum atomic E-state index is 12.8. The van der Waals surface area contributed by atoms with E-state index in [2.05, 4.69) is 28.9 Å². The van der Waals surface area contributed by atoms with E-state index < -0.39 is 11.9 Å². The fourth-order valence-corrected chi connectivity index (χ4v) is 4.17. The molecule has 184 valence electrons. The summed E-state index contributed by atoms with van der Waals surface area (Å²) in [6, 6.07) is 6.17. The topological polar surface area (TPSA) is 117 Å². The van der Waals surface area contributed by atoms with E-state index in [1.165, 1.54) is 5.56 Å². The molecule has 33 heavy (non-hydrogen) atoms. The number of amides is 1. The van der Waals surface area contributed by atoms with Crippen molar-refractivity contribution in [1.29, 1.82) is 0 Å².